The molecule has 3 aromatic rings. The second-order valence-corrected chi connectivity index (χ2v) is 13.6. The summed E-state index contributed by atoms with van der Waals surface area (Å²) >= 11 is 6.93. The van der Waals surface area contributed by atoms with E-state index in [4.69, 9.17) is 32.0 Å². The van der Waals surface area contributed by atoms with Crippen molar-refractivity contribution in [1.82, 2.24) is 20.2 Å². The van der Waals surface area contributed by atoms with Gasteiger partial charge < -0.3 is 20.7 Å². The van der Waals surface area contributed by atoms with Crippen molar-refractivity contribution in [3.05, 3.63) is 46.2 Å². The van der Waals surface area contributed by atoms with Gasteiger partial charge in [-0.1, -0.05) is 23.7 Å². The zero-order valence-electron chi connectivity index (χ0n) is 23.7. The van der Waals surface area contributed by atoms with Crippen LogP contribution in [0.25, 0.3) is 22.0 Å². The van der Waals surface area contributed by atoms with E-state index in [1.165, 1.54) is 12.8 Å². The van der Waals surface area contributed by atoms with E-state index in [0.29, 0.717) is 40.5 Å². The maximum absolute atomic E-state index is 16.8. The molecule has 7 nitrogen and oxygen atoms in total. The van der Waals surface area contributed by atoms with Crippen LogP contribution in [0, 0.1) is 12.7 Å². The summed E-state index contributed by atoms with van der Waals surface area (Å²) in [6, 6.07) is 9.00. The van der Waals surface area contributed by atoms with Gasteiger partial charge in [-0.25, -0.2) is 4.39 Å². The topological polar surface area (TPSA) is 79.5 Å². The third-order valence-corrected chi connectivity index (χ3v) is 10.8. The molecule has 3 N–H and O–H groups in total. The van der Waals surface area contributed by atoms with Crippen molar-refractivity contribution in [3.63, 3.8) is 0 Å². The third-order valence-electron chi connectivity index (χ3n) is 10.5. The van der Waals surface area contributed by atoms with E-state index in [1.807, 2.05) is 25.1 Å². The molecule has 0 radical (unpaired) electrons. The first-order chi connectivity index (χ1) is 19.8. The molecule has 5 heterocycles. The summed E-state index contributed by atoms with van der Waals surface area (Å²) in [6.45, 7) is 6.40. The minimum absolute atomic E-state index is 0.0505. The maximum atomic E-state index is 16.8. The van der Waals surface area contributed by atoms with Crippen molar-refractivity contribution in [2.24, 2.45) is 5.73 Å². The van der Waals surface area contributed by atoms with Crippen molar-refractivity contribution >= 4 is 28.3 Å². The van der Waals surface area contributed by atoms with Crippen LogP contribution >= 0.6 is 11.6 Å². The number of aromatic nitrogens is 2. The van der Waals surface area contributed by atoms with Crippen LogP contribution in [-0.4, -0.2) is 65.3 Å². The third kappa shape index (κ3) is 4.32. The summed E-state index contributed by atoms with van der Waals surface area (Å²) in [5.41, 5.74) is 9.62. The van der Waals surface area contributed by atoms with E-state index in [0.717, 1.165) is 81.4 Å². The van der Waals surface area contributed by atoms with Crippen molar-refractivity contribution in [1.29, 1.82) is 0 Å². The molecule has 216 valence electrons. The maximum Gasteiger partial charge on any atom is 0.319 e. The Morgan fingerprint density at radius 3 is 2.51 bits per heavy atom. The molecule has 0 spiro atoms. The highest BCUT2D eigenvalue weighted by Gasteiger charge is 2.45. The van der Waals surface area contributed by atoms with Crippen LogP contribution in [0.3, 0.4) is 0 Å². The summed E-state index contributed by atoms with van der Waals surface area (Å²) in [4.78, 5) is 14.5. The SMILES string of the molecule is Cc1ccc(C2(N)CC2)cc1-c1c(Cl)cc2c(N3CC4CCC(C3)N4)nc(OCC34CCCN3CCC4)nc2c1F. The molecule has 5 fully saturated rings. The number of benzene rings is 2. The van der Waals surface area contributed by atoms with Crippen LogP contribution in [0.2, 0.25) is 5.02 Å². The summed E-state index contributed by atoms with van der Waals surface area (Å²) in [6.07, 6.45) is 8.79. The van der Waals surface area contributed by atoms with Gasteiger partial charge in [-0.15, -0.1) is 0 Å². The van der Waals surface area contributed by atoms with Gasteiger partial charge in [0, 0.05) is 41.7 Å². The molecule has 41 heavy (non-hydrogen) atoms. The highest BCUT2D eigenvalue weighted by Crippen LogP contribution is 2.46. The summed E-state index contributed by atoms with van der Waals surface area (Å²) in [5, 5.41) is 4.69. The Morgan fingerprint density at radius 1 is 1.07 bits per heavy atom. The first kappa shape index (κ1) is 26.1. The number of halogens is 2. The molecule has 4 aliphatic heterocycles. The van der Waals surface area contributed by atoms with Crippen LogP contribution in [0.15, 0.2) is 24.3 Å². The number of nitrogens with two attached hydrogens (primary N) is 1. The lowest BCUT2D eigenvalue weighted by Gasteiger charge is -2.35. The highest BCUT2D eigenvalue weighted by atomic mass is 35.5. The number of anilines is 1. The normalized spacial score (nSPS) is 26.1. The Labute approximate surface area is 245 Å². The predicted molar refractivity (Wildman–Crippen MR) is 160 cm³/mol. The number of hydrogen-bond donors (Lipinski definition) is 2. The highest BCUT2D eigenvalue weighted by molar-refractivity contribution is 6.34. The van der Waals surface area contributed by atoms with Gasteiger partial charge in [0.1, 0.15) is 17.9 Å². The lowest BCUT2D eigenvalue weighted by Crippen LogP contribution is -2.51. The number of nitrogens with zero attached hydrogens (tertiary/aromatic N) is 4. The van der Waals surface area contributed by atoms with Gasteiger partial charge in [0.05, 0.1) is 10.6 Å². The summed E-state index contributed by atoms with van der Waals surface area (Å²) < 4.78 is 23.2. The fourth-order valence-electron chi connectivity index (χ4n) is 7.97. The van der Waals surface area contributed by atoms with E-state index in [-0.39, 0.29) is 22.6 Å². The van der Waals surface area contributed by atoms with Crippen LogP contribution < -0.4 is 20.7 Å². The van der Waals surface area contributed by atoms with Crippen LogP contribution in [-0.2, 0) is 5.54 Å². The lowest BCUT2D eigenvalue weighted by molar-refractivity contribution is 0.108. The molecule has 1 aliphatic carbocycles. The van der Waals surface area contributed by atoms with Gasteiger partial charge in [-0.2, -0.15) is 9.97 Å². The molecule has 2 aromatic carbocycles. The van der Waals surface area contributed by atoms with E-state index < -0.39 is 5.82 Å². The Bertz CT molecular complexity index is 1520. The Morgan fingerprint density at radius 2 is 1.80 bits per heavy atom. The van der Waals surface area contributed by atoms with Crippen LogP contribution in [0.5, 0.6) is 6.01 Å². The fraction of sp³-hybridized carbons (Fsp3) is 0.562. The van der Waals surface area contributed by atoms with Crippen LogP contribution in [0.4, 0.5) is 10.2 Å². The molecule has 2 bridgehead atoms. The first-order valence-electron chi connectivity index (χ1n) is 15.3. The zero-order chi connectivity index (χ0) is 27.9. The van der Waals surface area contributed by atoms with Crippen LogP contribution in [0.1, 0.15) is 62.5 Å². The molecule has 9 heteroatoms. The van der Waals surface area contributed by atoms with Crippen molar-refractivity contribution in [2.45, 2.75) is 81.5 Å². The van der Waals surface area contributed by atoms with Crippen molar-refractivity contribution in [2.75, 3.05) is 37.7 Å². The summed E-state index contributed by atoms with van der Waals surface area (Å²) in [5.74, 6) is 0.287. The molecule has 2 atom stereocenters. The van der Waals surface area contributed by atoms with E-state index in [1.54, 1.807) is 0 Å². The first-order valence-corrected chi connectivity index (χ1v) is 15.7. The van der Waals surface area contributed by atoms with E-state index >= 15 is 4.39 Å². The number of ether oxygens (including phenoxy) is 1. The second kappa shape index (κ2) is 9.49. The molecular weight excluding hydrogens is 539 g/mol. The molecule has 0 amide bonds. The van der Waals surface area contributed by atoms with Crippen molar-refractivity contribution in [3.8, 4) is 17.1 Å². The van der Waals surface area contributed by atoms with Gasteiger partial charge in [0.15, 0.2) is 5.82 Å². The number of rotatable bonds is 6. The molecule has 1 aromatic heterocycles. The molecule has 4 saturated heterocycles. The van der Waals surface area contributed by atoms with E-state index in [2.05, 4.69) is 21.2 Å². The Hall–Kier alpha value is -2.52. The number of piperazine rings is 1. The molecule has 2 unspecified atom stereocenters. The molecular formula is C32H38ClFN6O. The summed E-state index contributed by atoms with van der Waals surface area (Å²) in [7, 11) is 0. The van der Waals surface area contributed by atoms with E-state index in [9.17, 15) is 0 Å². The minimum atomic E-state index is -0.428. The minimum Gasteiger partial charge on any atom is -0.461 e. The predicted octanol–water partition coefficient (Wildman–Crippen LogP) is 5.29. The number of fused-ring (bicyclic) bond motifs is 4. The largest absolute Gasteiger partial charge is 0.461 e. The molecule has 1 saturated carbocycles. The monoisotopic (exact) mass is 576 g/mol. The zero-order valence-corrected chi connectivity index (χ0v) is 24.4. The van der Waals surface area contributed by atoms with Gasteiger partial charge in [-0.05, 0) is 100 Å². The van der Waals surface area contributed by atoms with Gasteiger partial charge in [-0.3, -0.25) is 4.90 Å². The van der Waals surface area contributed by atoms with Gasteiger partial charge >= 0.3 is 6.01 Å². The lowest BCUT2D eigenvalue weighted by atomic mass is 9.93. The molecule has 8 rings (SSSR count). The second-order valence-electron chi connectivity index (χ2n) is 13.2. The average molecular weight is 577 g/mol. The standard InChI is InChI=1S/C32H38ClFN6O/c1-19-4-5-20(32(35)10-11-32)14-23(19)26-25(33)15-24-28(27(26)34)37-30(41-18-31-8-2-12-40(31)13-3-9-31)38-29(24)39-16-21-6-7-22(17-39)36-21/h4-5,14-15,21-22,36H,2-3,6-13,16-18,35H2,1H3. The number of hydrogen-bond acceptors (Lipinski definition) is 7. The Balaban J connectivity index is 1.25. The number of nitrogens with one attached hydrogen (secondary N) is 1. The fourth-order valence-corrected chi connectivity index (χ4v) is 8.26. The molecule has 5 aliphatic rings. The van der Waals surface area contributed by atoms with Gasteiger partial charge in [0.25, 0.3) is 0 Å². The van der Waals surface area contributed by atoms with Crippen molar-refractivity contribution < 1.29 is 9.13 Å². The smallest absolute Gasteiger partial charge is 0.319 e. The average Bonchev–Trinajstić information content (AvgIpc) is 3.25. The quantitative estimate of drug-likeness (QED) is 0.412. The number of aryl methyl sites for hydroxylation is 1. The van der Waals surface area contributed by atoms with Gasteiger partial charge in [0.2, 0.25) is 0 Å². The Kier molecular flexibility index (Phi) is 6.05.